The quantitative estimate of drug-likeness (QED) is 0.0266. The molecule has 0 aliphatic carbocycles. The molecule has 1 unspecified atom stereocenters. The van der Waals surface area contributed by atoms with Crippen LogP contribution in [-0.4, -0.2) is 37.2 Å². The Labute approximate surface area is 341 Å². The van der Waals surface area contributed by atoms with Crippen LogP contribution in [-0.2, 0) is 28.6 Å². The van der Waals surface area contributed by atoms with E-state index in [-0.39, 0.29) is 31.1 Å². The second kappa shape index (κ2) is 44.6. The Bertz CT molecular complexity index is 896. The van der Waals surface area contributed by atoms with Gasteiger partial charge in [0.25, 0.3) is 0 Å². The summed E-state index contributed by atoms with van der Waals surface area (Å²) >= 11 is 0. The van der Waals surface area contributed by atoms with Crippen molar-refractivity contribution in [1.29, 1.82) is 0 Å². The topological polar surface area (TPSA) is 78.9 Å². The predicted molar refractivity (Wildman–Crippen MR) is 233 cm³/mol. The molecule has 1 atom stereocenters. The van der Waals surface area contributed by atoms with Crippen LogP contribution in [0.1, 0.15) is 252 Å². The van der Waals surface area contributed by atoms with E-state index in [9.17, 15) is 14.4 Å². The molecule has 0 N–H and O–H groups in total. The number of carbonyl (C=O) groups is 3. The molecule has 0 aromatic carbocycles. The largest absolute Gasteiger partial charge is 0.462 e. The van der Waals surface area contributed by atoms with Crippen LogP contribution in [0.15, 0.2) is 24.3 Å². The highest BCUT2D eigenvalue weighted by atomic mass is 16.6. The number of esters is 3. The second-order valence-corrected chi connectivity index (χ2v) is 16.0. The van der Waals surface area contributed by atoms with Crippen LogP contribution in [0, 0.1) is 0 Å². The Kier molecular flexibility index (Phi) is 42.9. The first-order valence-corrected chi connectivity index (χ1v) is 23.8. The van der Waals surface area contributed by atoms with Gasteiger partial charge in [-0.15, -0.1) is 0 Å². The summed E-state index contributed by atoms with van der Waals surface area (Å²) in [4.78, 5) is 37.6. The lowest BCUT2D eigenvalue weighted by Gasteiger charge is -2.18. The molecule has 0 aromatic heterocycles. The normalized spacial score (nSPS) is 12.1. The third kappa shape index (κ3) is 42.9. The van der Waals surface area contributed by atoms with E-state index in [1.165, 1.54) is 135 Å². The fraction of sp³-hybridized carbons (Fsp3) is 0.857. The fourth-order valence-corrected chi connectivity index (χ4v) is 6.78. The van der Waals surface area contributed by atoms with Gasteiger partial charge < -0.3 is 14.2 Å². The van der Waals surface area contributed by atoms with Crippen LogP contribution in [0.3, 0.4) is 0 Å². The van der Waals surface area contributed by atoms with E-state index >= 15 is 0 Å². The van der Waals surface area contributed by atoms with E-state index in [1.807, 2.05) is 0 Å². The third-order valence-electron chi connectivity index (χ3n) is 10.4. The van der Waals surface area contributed by atoms with Gasteiger partial charge in [-0.1, -0.05) is 199 Å². The zero-order valence-corrected chi connectivity index (χ0v) is 36.7. The van der Waals surface area contributed by atoms with E-state index in [0.29, 0.717) is 19.3 Å². The number of ether oxygens (including phenoxy) is 3. The lowest BCUT2D eigenvalue weighted by atomic mass is 10.0. The summed E-state index contributed by atoms with van der Waals surface area (Å²) in [6, 6.07) is 0. The zero-order valence-electron chi connectivity index (χ0n) is 36.7. The van der Waals surface area contributed by atoms with Crippen molar-refractivity contribution in [3.8, 4) is 0 Å². The van der Waals surface area contributed by atoms with Gasteiger partial charge in [0.15, 0.2) is 6.10 Å². The second-order valence-electron chi connectivity index (χ2n) is 16.0. The summed E-state index contributed by atoms with van der Waals surface area (Å²) in [6.07, 6.45) is 48.9. The van der Waals surface area contributed by atoms with Gasteiger partial charge in [0.05, 0.1) is 0 Å². The monoisotopic (exact) mass is 775 g/mol. The fourth-order valence-electron chi connectivity index (χ4n) is 6.78. The van der Waals surface area contributed by atoms with Gasteiger partial charge in [-0.2, -0.15) is 0 Å². The van der Waals surface area contributed by atoms with Crippen molar-refractivity contribution in [3.63, 3.8) is 0 Å². The van der Waals surface area contributed by atoms with E-state index in [4.69, 9.17) is 14.2 Å². The smallest absolute Gasteiger partial charge is 0.306 e. The van der Waals surface area contributed by atoms with Crippen LogP contribution in [0.4, 0.5) is 0 Å². The standard InChI is InChI=1S/C49H90O6/c1-4-7-10-13-16-19-21-22-23-24-25-26-27-28-31-33-36-39-42-48(51)54-45-46(44-53-47(50)41-38-35-32-29-18-15-12-9-6-3)55-49(52)43-40-37-34-30-20-17-14-11-8-5-2/h14,17,29,32,46H,4-13,15-16,18-28,30-31,33-45H2,1-3H3/b17-14-,32-29-. The van der Waals surface area contributed by atoms with Crippen molar-refractivity contribution in [3.05, 3.63) is 24.3 Å². The molecule has 0 aromatic rings. The molecule has 0 rings (SSSR count). The van der Waals surface area contributed by atoms with E-state index in [2.05, 4.69) is 45.1 Å². The summed E-state index contributed by atoms with van der Waals surface area (Å²) in [6.45, 7) is 6.54. The summed E-state index contributed by atoms with van der Waals surface area (Å²) in [5.41, 5.74) is 0. The molecule has 0 saturated carbocycles. The maximum atomic E-state index is 12.7. The Hall–Kier alpha value is -2.11. The first kappa shape index (κ1) is 52.9. The van der Waals surface area contributed by atoms with Crippen LogP contribution in [0.5, 0.6) is 0 Å². The van der Waals surface area contributed by atoms with Gasteiger partial charge in [0, 0.05) is 19.3 Å². The Balaban J connectivity index is 4.25. The van der Waals surface area contributed by atoms with Crippen molar-refractivity contribution in [2.24, 2.45) is 0 Å². The molecule has 0 radical (unpaired) electrons. The molecule has 0 heterocycles. The summed E-state index contributed by atoms with van der Waals surface area (Å²) in [7, 11) is 0. The van der Waals surface area contributed by atoms with E-state index in [1.54, 1.807) is 0 Å². The van der Waals surface area contributed by atoms with Gasteiger partial charge in [-0.05, 0) is 57.8 Å². The number of unbranched alkanes of at least 4 members (excludes halogenated alkanes) is 28. The van der Waals surface area contributed by atoms with E-state index < -0.39 is 6.10 Å². The molecule has 55 heavy (non-hydrogen) atoms. The first-order valence-electron chi connectivity index (χ1n) is 23.8. The zero-order chi connectivity index (χ0) is 40.1. The van der Waals surface area contributed by atoms with Crippen molar-refractivity contribution in [2.45, 2.75) is 258 Å². The van der Waals surface area contributed by atoms with Crippen LogP contribution >= 0.6 is 0 Å². The van der Waals surface area contributed by atoms with Gasteiger partial charge in [0.2, 0.25) is 0 Å². The van der Waals surface area contributed by atoms with Crippen molar-refractivity contribution < 1.29 is 28.6 Å². The first-order chi connectivity index (χ1) is 27.0. The number of hydrogen-bond donors (Lipinski definition) is 0. The van der Waals surface area contributed by atoms with Crippen molar-refractivity contribution >= 4 is 17.9 Å². The summed E-state index contributed by atoms with van der Waals surface area (Å²) < 4.78 is 16.6. The maximum Gasteiger partial charge on any atom is 0.306 e. The van der Waals surface area contributed by atoms with Crippen LogP contribution in [0.2, 0.25) is 0 Å². The highest BCUT2D eigenvalue weighted by Gasteiger charge is 2.19. The van der Waals surface area contributed by atoms with Gasteiger partial charge in [-0.3, -0.25) is 14.4 Å². The Morgan fingerprint density at radius 1 is 0.345 bits per heavy atom. The molecule has 0 spiro atoms. The molecule has 6 nitrogen and oxygen atoms in total. The Morgan fingerprint density at radius 2 is 0.636 bits per heavy atom. The average molecular weight is 775 g/mol. The molecule has 0 fully saturated rings. The minimum Gasteiger partial charge on any atom is -0.462 e. The minimum absolute atomic E-state index is 0.0813. The van der Waals surface area contributed by atoms with Gasteiger partial charge in [0.1, 0.15) is 13.2 Å². The van der Waals surface area contributed by atoms with Crippen LogP contribution in [0.25, 0.3) is 0 Å². The molecular weight excluding hydrogens is 685 g/mol. The van der Waals surface area contributed by atoms with E-state index in [0.717, 1.165) is 77.0 Å². The number of allylic oxidation sites excluding steroid dienone is 4. The molecule has 0 aliphatic heterocycles. The maximum absolute atomic E-state index is 12.7. The SMILES string of the molecule is CCCC/C=C\CCCCCCC(=O)OC(COC(=O)CCC/C=C\CCCCCC)COC(=O)CCCCCCCCCCCCCCCCCCCC. The highest BCUT2D eigenvalue weighted by Crippen LogP contribution is 2.15. The number of rotatable bonds is 43. The predicted octanol–water partition coefficient (Wildman–Crippen LogP) is 15.2. The molecule has 0 saturated heterocycles. The Morgan fingerprint density at radius 3 is 1.05 bits per heavy atom. The molecule has 0 bridgehead atoms. The van der Waals surface area contributed by atoms with Gasteiger partial charge >= 0.3 is 17.9 Å². The van der Waals surface area contributed by atoms with Crippen molar-refractivity contribution in [2.75, 3.05) is 13.2 Å². The number of hydrogen-bond acceptors (Lipinski definition) is 6. The van der Waals surface area contributed by atoms with Crippen molar-refractivity contribution in [1.82, 2.24) is 0 Å². The minimum atomic E-state index is -0.781. The molecule has 6 heteroatoms. The third-order valence-corrected chi connectivity index (χ3v) is 10.4. The molecule has 0 amide bonds. The molecular formula is C49H90O6. The lowest BCUT2D eigenvalue weighted by molar-refractivity contribution is -0.167. The highest BCUT2D eigenvalue weighted by molar-refractivity contribution is 5.71. The summed E-state index contributed by atoms with van der Waals surface area (Å²) in [5.74, 6) is -0.926. The molecule has 322 valence electrons. The average Bonchev–Trinajstić information content (AvgIpc) is 3.18. The van der Waals surface area contributed by atoms with Crippen LogP contribution < -0.4 is 0 Å². The summed E-state index contributed by atoms with van der Waals surface area (Å²) in [5, 5.41) is 0. The van der Waals surface area contributed by atoms with Gasteiger partial charge in [-0.25, -0.2) is 0 Å². The lowest BCUT2D eigenvalue weighted by Crippen LogP contribution is -2.30. The molecule has 0 aliphatic rings. The number of carbonyl (C=O) groups excluding carboxylic acids is 3.